The van der Waals surface area contributed by atoms with Crippen molar-refractivity contribution in [2.75, 3.05) is 0 Å². The zero-order chi connectivity index (χ0) is 20.1. The highest BCUT2D eigenvalue weighted by molar-refractivity contribution is 6.33. The van der Waals surface area contributed by atoms with Crippen LogP contribution in [0.2, 0.25) is 10.0 Å². The number of pyridine rings is 1. The quantitative estimate of drug-likeness (QED) is 0.340. The predicted octanol–water partition coefficient (Wildman–Crippen LogP) is 6.62. The number of nitrogens with zero attached hydrogens (tertiary/aromatic N) is 2. The van der Waals surface area contributed by atoms with Crippen LogP contribution in [0.4, 0.5) is 13.2 Å². The Labute approximate surface area is 169 Å². The second-order valence-electron chi connectivity index (χ2n) is 5.77. The second kappa shape index (κ2) is 8.63. The summed E-state index contributed by atoms with van der Waals surface area (Å²) in [5, 5.41) is 4.42. The number of hydrogen-bond acceptors (Lipinski definition) is 3. The summed E-state index contributed by atoms with van der Waals surface area (Å²) < 4.78 is 38.1. The molecule has 0 aliphatic heterocycles. The van der Waals surface area contributed by atoms with E-state index in [1.165, 1.54) is 6.21 Å². The van der Waals surface area contributed by atoms with Gasteiger partial charge in [0.05, 0.1) is 22.5 Å². The molecule has 0 saturated heterocycles. The summed E-state index contributed by atoms with van der Waals surface area (Å²) >= 11 is 12.0. The molecule has 1 heterocycles. The van der Waals surface area contributed by atoms with Crippen molar-refractivity contribution in [3.8, 4) is 11.3 Å². The number of hydrogen-bond donors (Lipinski definition) is 0. The van der Waals surface area contributed by atoms with Crippen LogP contribution in [0.5, 0.6) is 0 Å². The molecule has 2 aromatic carbocycles. The zero-order valence-corrected chi connectivity index (χ0v) is 15.8. The van der Waals surface area contributed by atoms with Crippen LogP contribution in [-0.2, 0) is 17.6 Å². The molecule has 8 heteroatoms. The zero-order valence-electron chi connectivity index (χ0n) is 14.3. The largest absolute Gasteiger partial charge is 0.417 e. The fourth-order valence-corrected chi connectivity index (χ4v) is 2.82. The van der Waals surface area contributed by atoms with E-state index in [0.717, 1.165) is 23.4 Å². The fraction of sp³-hybridized carbons (Fsp3) is 0.100. The van der Waals surface area contributed by atoms with Gasteiger partial charge in [-0.25, -0.2) is 0 Å². The monoisotopic (exact) mass is 424 g/mol. The fourth-order valence-electron chi connectivity index (χ4n) is 2.35. The summed E-state index contributed by atoms with van der Waals surface area (Å²) in [6.45, 7) is 0.235. The van der Waals surface area contributed by atoms with Gasteiger partial charge >= 0.3 is 6.18 Å². The first-order chi connectivity index (χ1) is 13.3. The van der Waals surface area contributed by atoms with Gasteiger partial charge in [0.2, 0.25) is 0 Å². The topological polar surface area (TPSA) is 34.5 Å². The van der Waals surface area contributed by atoms with Gasteiger partial charge in [-0.15, -0.1) is 0 Å². The Hall–Kier alpha value is -2.57. The number of oxime groups is 1. The number of benzene rings is 2. The van der Waals surface area contributed by atoms with Crippen molar-refractivity contribution in [2.24, 2.45) is 5.16 Å². The van der Waals surface area contributed by atoms with Gasteiger partial charge in [0, 0.05) is 22.3 Å². The molecular weight excluding hydrogens is 412 g/mol. The molecule has 0 N–H and O–H groups in total. The van der Waals surface area contributed by atoms with Gasteiger partial charge in [0.15, 0.2) is 0 Å². The molecule has 0 saturated carbocycles. The summed E-state index contributed by atoms with van der Waals surface area (Å²) in [5.41, 5.74) is 1.53. The first-order valence-corrected chi connectivity index (χ1v) is 8.82. The summed E-state index contributed by atoms with van der Waals surface area (Å²) in [4.78, 5) is 9.07. The Morgan fingerprint density at radius 2 is 1.71 bits per heavy atom. The smallest absolute Gasteiger partial charge is 0.391 e. The number of alkyl halides is 3. The van der Waals surface area contributed by atoms with E-state index < -0.39 is 11.7 Å². The van der Waals surface area contributed by atoms with Gasteiger partial charge in [-0.05, 0) is 17.7 Å². The van der Waals surface area contributed by atoms with Crippen LogP contribution in [0.3, 0.4) is 0 Å². The van der Waals surface area contributed by atoms with E-state index in [0.29, 0.717) is 10.6 Å². The maximum Gasteiger partial charge on any atom is 0.417 e. The van der Waals surface area contributed by atoms with E-state index in [2.05, 4.69) is 10.1 Å². The van der Waals surface area contributed by atoms with Crippen LogP contribution in [0.1, 0.15) is 16.7 Å². The number of aromatic nitrogens is 1. The molecule has 0 unspecified atom stereocenters. The normalized spacial score (nSPS) is 11.8. The molecule has 3 nitrogen and oxygen atoms in total. The first-order valence-electron chi connectivity index (χ1n) is 8.06. The van der Waals surface area contributed by atoms with Gasteiger partial charge < -0.3 is 4.84 Å². The summed E-state index contributed by atoms with van der Waals surface area (Å²) in [5.74, 6) is 0. The van der Waals surface area contributed by atoms with Crippen molar-refractivity contribution in [1.29, 1.82) is 0 Å². The molecule has 0 amide bonds. The van der Waals surface area contributed by atoms with Crippen molar-refractivity contribution < 1.29 is 18.0 Å². The molecule has 0 radical (unpaired) electrons. The number of rotatable bonds is 5. The molecule has 3 rings (SSSR count). The van der Waals surface area contributed by atoms with Crippen LogP contribution in [0.25, 0.3) is 11.3 Å². The average molecular weight is 425 g/mol. The van der Waals surface area contributed by atoms with Gasteiger partial charge in [0.1, 0.15) is 6.61 Å². The third-order valence-corrected chi connectivity index (χ3v) is 4.46. The third-order valence-electron chi connectivity index (χ3n) is 3.81. The lowest BCUT2D eigenvalue weighted by molar-refractivity contribution is -0.137. The molecule has 0 fully saturated rings. The molecule has 0 atom stereocenters. The molecule has 28 heavy (non-hydrogen) atoms. The average Bonchev–Trinajstić information content (AvgIpc) is 2.66. The molecule has 0 aliphatic rings. The van der Waals surface area contributed by atoms with Crippen molar-refractivity contribution in [2.45, 2.75) is 12.8 Å². The summed E-state index contributed by atoms with van der Waals surface area (Å²) in [6, 6.07) is 15.0. The molecule has 0 spiro atoms. The lowest BCUT2D eigenvalue weighted by Gasteiger charge is -2.09. The van der Waals surface area contributed by atoms with Crippen molar-refractivity contribution in [3.63, 3.8) is 0 Å². The SMILES string of the molecule is FC(F)(F)c1cnc(-c2ccc(/C=N/OCc3ccccc3Cl)cc2)c(Cl)c1. The van der Waals surface area contributed by atoms with E-state index in [9.17, 15) is 13.2 Å². The molecule has 1 aromatic heterocycles. The Morgan fingerprint density at radius 3 is 2.36 bits per heavy atom. The van der Waals surface area contributed by atoms with Crippen LogP contribution in [-0.4, -0.2) is 11.2 Å². The molecule has 0 aliphatic carbocycles. The lowest BCUT2D eigenvalue weighted by Crippen LogP contribution is -2.05. The first kappa shape index (κ1) is 20.2. The van der Waals surface area contributed by atoms with E-state index in [1.807, 2.05) is 18.2 Å². The van der Waals surface area contributed by atoms with Crippen molar-refractivity contribution in [1.82, 2.24) is 4.98 Å². The standard InChI is InChI=1S/C20H13Cl2F3N2O/c21-17-4-2-1-3-15(17)12-28-27-10-13-5-7-14(8-6-13)19-18(22)9-16(11-26-19)20(23,24)25/h1-11H,12H2/b27-10+. The number of halogens is 5. The van der Waals surface area contributed by atoms with E-state index in [-0.39, 0.29) is 17.3 Å². The van der Waals surface area contributed by atoms with E-state index in [1.54, 1.807) is 30.3 Å². The maximum atomic E-state index is 12.7. The van der Waals surface area contributed by atoms with Crippen LogP contribution >= 0.6 is 23.2 Å². The minimum absolute atomic E-state index is 0.0701. The van der Waals surface area contributed by atoms with Crippen molar-refractivity contribution >= 4 is 29.4 Å². The Bertz CT molecular complexity index is 989. The highest BCUT2D eigenvalue weighted by Crippen LogP contribution is 2.33. The molecule has 0 bridgehead atoms. The van der Waals surface area contributed by atoms with Gasteiger partial charge in [0.25, 0.3) is 0 Å². The second-order valence-corrected chi connectivity index (χ2v) is 6.59. The van der Waals surface area contributed by atoms with Gasteiger partial charge in [-0.3, -0.25) is 4.98 Å². The Kier molecular flexibility index (Phi) is 6.21. The minimum Gasteiger partial charge on any atom is -0.391 e. The lowest BCUT2D eigenvalue weighted by atomic mass is 10.1. The van der Waals surface area contributed by atoms with E-state index in [4.69, 9.17) is 28.0 Å². The highest BCUT2D eigenvalue weighted by Gasteiger charge is 2.31. The molecule has 144 valence electrons. The highest BCUT2D eigenvalue weighted by atomic mass is 35.5. The summed E-state index contributed by atoms with van der Waals surface area (Å²) in [7, 11) is 0. The minimum atomic E-state index is -4.49. The maximum absolute atomic E-state index is 12.7. The molecule has 3 aromatic rings. The third kappa shape index (κ3) is 5.03. The van der Waals surface area contributed by atoms with Crippen LogP contribution in [0, 0.1) is 0 Å². The Morgan fingerprint density at radius 1 is 1.00 bits per heavy atom. The van der Waals surface area contributed by atoms with Gasteiger partial charge in [-0.1, -0.05) is 70.8 Å². The summed E-state index contributed by atoms with van der Waals surface area (Å²) in [6.07, 6.45) is -2.21. The van der Waals surface area contributed by atoms with Crippen LogP contribution in [0.15, 0.2) is 65.9 Å². The molecular formula is C20H13Cl2F3N2O. The van der Waals surface area contributed by atoms with Crippen molar-refractivity contribution in [3.05, 3.63) is 87.5 Å². The predicted molar refractivity (Wildman–Crippen MR) is 104 cm³/mol. The van der Waals surface area contributed by atoms with E-state index >= 15 is 0 Å². The van der Waals surface area contributed by atoms with Crippen LogP contribution < -0.4 is 0 Å². The van der Waals surface area contributed by atoms with Gasteiger partial charge in [-0.2, -0.15) is 13.2 Å². The Balaban J connectivity index is 1.66.